The van der Waals surface area contributed by atoms with Gasteiger partial charge in [0.2, 0.25) is 0 Å². The van der Waals surface area contributed by atoms with Crippen molar-refractivity contribution in [1.82, 2.24) is 5.32 Å². The van der Waals surface area contributed by atoms with Crippen molar-refractivity contribution in [3.05, 3.63) is 35.6 Å². The van der Waals surface area contributed by atoms with Gasteiger partial charge in [0, 0.05) is 17.6 Å². The molecule has 0 bridgehead atoms. The van der Waals surface area contributed by atoms with Gasteiger partial charge in [-0.3, -0.25) is 0 Å². The maximum Gasteiger partial charge on any atom is 0.127 e. The van der Waals surface area contributed by atoms with Crippen LogP contribution in [0.1, 0.15) is 71.4 Å². The number of halogens is 1. The molecule has 0 aromatic heterocycles. The number of benzene rings is 1. The van der Waals surface area contributed by atoms with Gasteiger partial charge in [0.25, 0.3) is 0 Å². The third kappa shape index (κ3) is 4.54. The molecule has 3 unspecified atom stereocenters. The summed E-state index contributed by atoms with van der Waals surface area (Å²) in [6.07, 6.45) is 6.32. The molecule has 1 N–H and O–H groups in total. The van der Waals surface area contributed by atoms with E-state index in [4.69, 9.17) is 0 Å². The number of rotatable bonds is 3. The minimum Gasteiger partial charge on any atom is -0.307 e. The molecule has 1 aromatic carbocycles. The van der Waals surface area contributed by atoms with E-state index in [-0.39, 0.29) is 11.9 Å². The van der Waals surface area contributed by atoms with Gasteiger partial charge in [-0.15, -0.1) is 0 Å². The van der Waals surface area contributed by atoms with Gasteiger partial charge in [-0.05, 0) is 50.0 Å². The SMILES string of the molecule is CC(NC1CCCC(C(C)(C)C)CC1)c1ccccc1F. The van der Waals surface area contributed by atoms with E-state index < -0.39 is 0 Å². The minimum absolute atomic E-state index is 0.0855. The summed E-state index contributed by atoms with van der Waals surface area (Å²) in [7, 11) is 0. The molecular weight excluding hydrogens is 261 g/mol. The van der Waals surface area contributed by atoms with E-state index in [1.807, 2.05) is 12.1 Å². The van der Waals surface area contributed by atoms with Crippen LogP contribution in [0.3, 0.4) is 0 Å². The van der Waals surface area contributed by atoms with Crippen molar-refractivity contribution in [2.24, 2.45) is 11.3 Å². The van der Waals surface area contributed by atoms with E-state index in [1.54, 1.807) is 12.1 Å². The quantitative estimate of drug-likeness (QED) is 0.728. The average Bonchev–Trinajstić information content (AvgIpc) is 2.64. The van der Waals surface area contributed by atoms with Crippen LogP contribution in [-0.2, 0) is 0 Å². The highest BCUT2D eigenvalue weighted by Crippen LogP contribution is 2.37. The summed E-state index contributed by atoms with van der Waals surface area (Å²) in [5.41, 5.74) is 1.19. The lowest BCUT2D eigenvalue weighted by Crippen LogP contribution is -2.31. The van der Waals surface area contributed by atoms with Crippen molar-refractivity contribution in [2.75, 3.05) is 0 Å². The maximum atomic E-state index is 13.9. The third-order valence-corrected chi connectivity index (χ3v) is 5.05. The zero-order chi connectivity index (χ0) is 15.5. The predicted molar refractivity (Wildman–Crippen MR) is 87.8 cm³/mol. The monoisotopic (exact) mass is 291 g/mol. The predicted octanol–water partition coefficient (Wildman–Crippen LogP) is 5.47. The smallest absolute Gasteiger partial charge is 0.127 e. The van der Waals surface area contributed by atoms with Crippen molar-refractivity contribution in [2.45, 2.75) is 71.9 Å². The molecule has 2 rings (SSSR count). The van der Waals surface area contributed by atoms with Gasteiger partial charge in [0.05, 0.1) is 0 Å². The molecule has 0 heterocycles. The molecule has 1 aromatic rings. The largest absolute Gasteiger partial charge is 0.307 e. The van der Waals surface area contributed by atoms with Gasteiger partial charge >= 0.3 is 0 Å². The zero-order valence-electron chi connectivity index (χ0n) is 14.0. The van der Waals surface area contributed by atoms with Crippen molar-refractivity contribution in [3.63, 3.8) is 0 Å². The highest BCUT2D eigenvalue weighted by molar-refractivity contribution is 5.20. The van der Waals surface area contributed by atoms with Crippen molar-refractivity contribution in [1.29, 1.82) is 0 Å². The molecule has 3 atom stereocenters. The first-order chi connectivity index (χ1) is 9.88. The van der Waals surface area contributed by atoms with E-state index in [2.05, 4.69) is 33.0 Å². The average molecular weight is 291 g/mol. The van der Waals surface area contributed by atoms with Gasteiger partial charge in [-0.2, -0.15) is 0 Å². The van der Waals surface area contributed by atoms with Crippen molar-refractivity contribution < 1.29 is 4.39 Å². The Labute approximate surface area is 129 Å². The molecule has 1 aliphatic rings. The fraction of sp³-hybridized carbons (Fsp3) is 0.684. The van der Waals surface area contributed by atoms with Crippen LogP contribution >= 0.6 is 0 Å². The molecule has 21 heavy (non-hydrogen) atoms. The fourth-order valence-corrected chi connectivity index (χ4v) is 3.60. The van der Waals surface area contributed by atoms with Gasteiger partial charge in [-0.1, -0.05) is 45.4 Å². The maximum absolute atomic E-state index is 13.9. The Hall–Kier alpha value is -0.890. The molecule has 0 saturated heterocycles. The topological polar surface area (TPSA) is 12.0 Å². The molecule has 0 aliphatic heterocycles. The van der Waals surface area contributed by atoms with Crippen LogP contribution in [0.25, 0.3) is 0 Å². The van der Waals surface area contributed by atoms with Crippen LogP contribution in [0.4, 0.5) is 4.39 Å². The van der Waals surface area contributed by atoms with Crippen LogP contribution in [0.5, 0.6) is 0 Å². The minimum atomic E-state index is -0.0984. The highest BCUT2D eigenvalue weighted by Gasteiger charge is 2.28. The van der Waals surface area contributed by atoms with Crippen LogP contribution in [0, 0.1) is 17.2 Å². The highest BCUT2D eigenvalue weighted by atomic mass is 19.1. The first-order valence-electron chi connectivity index (χ1n) is 8.38. The van der Waals surface area contributed by atoms with E-state index in [1.165, 1.54) is 32.1 Å². The lowest BCUT2D eigenvalue weighted by molar-refractivity contribution is 0.213. The summed E-state index contributed by atoms with van der Waals surface area (Å²) in [4.78, 5) is 0. The van der Waals surface area contributed by atoms with Gasteiger partial charge in [-0.25, -0.2) is 4.39 Å². The van der Waals surface area contributed by atoms with Gasteiger partial charge in [0.15, 0.2) is 0 Å². The van der Waals surface area contributed by atoms with E-state index in [0.29, 0.717) is 11.5 Å². The number of hydrogen-bond acceptors (Lipinski definition) is 1. The Bertz CT molecular complexity index is 449. The molecule has 118 valence electrons. The third-order valence-electron chi connectivity index (χ3n) is 5.05. The molecule has 1 nitrogen and oxygen atoms in total. The van der Waals surface area contributed by atoms with E-state index in [9.17, 15) is 4.39 Å². The Balaban J connectivity index is 1.93. The second-order valence-electron chi connectivity index (χ2n) is 7.68. The van der Waals surface area contributed by atoms with E-state index >= 15 is 0 Å². The van der Waals surface area contributed by atoms with Crippen LogP contribution < -0.4 is 5.32 Å². The van der Waals surface area contributed by atoms with Gasteiger partial charge in [0.1, 0.15) is 5.82 Å². The summed E-state index contributed by atoms with van der Waals surface area (Å²) in [6, 6.07) is 7.72. The number of nitrogens with one attached hydrogen (secondary N) is 1. The second kappa shape index (κ2) is 6.91. The lowest BCUT2D eigenvalue weighted by Gasteiger charge is -2.30. The van der Waals surface area contributed by atoms with E-state index in [0.717, 1.165) is 11.5 Å². The Morgan fingerprint density at radius 2 is 1.81 bits per heavy atom. The molecule has 0 radical (unpaired) electrons. The summed E-state index contributed by atoms with van der Waals surface area (Å²) in [5, 5.41) is 3.65. The normalized spacial score (nSPS) is 25.4. The summed E-state index contributed by atoms with van der Waals surface area (Å²) in [6.45, 7) is 9.14. The molecule has 1 aliphatic carbocycles. The molecule has 0 amide bonds. The Morgan fingerprint density at radius 1 is 1.10 bits per heavy atom. The van der Waals surface area contributed by atoms with Crippen molar-refractivity contribution >= 4 is 0 Å². The lowest BCUT2D eigenvalue weighted by atomic mass is 9.76. The van der Waals surface area contributed by atoms with Crippen LogP contribution in [-0.4, -0.2) is 6.04 Å². The summed E-state index contributed by atoms with van der Waals surface area (Å²) >= 11 is 0. The Morgan fingerprint density at radius 3 is 2.48 bits per heavy atom. The van der Waals surface area contributed by atoms with Crippen LogP contribution in [0.15, 0.2) is 24.3 Å². The first kappa shape index (κ1) is 16.5. The zero-order valence-corrected chi connectivity index (χ0v) is 14.0. The standard InChI is InChI=1S/C19H30FN/c1-14(17-10-5-6-11-18(17)20)21-16-9-7-8-15(12-13-16)19(2,3)4/h5-6,10-11,14-16,21H,7-9,12-13H2,1-4H3. The molecule has 2 heteroatoms. The molecule has 1 fully saturated rings. The summed E-state index contributed by atoms with van der Waals surface area (Å²) < 4.78 is 13.9. The van der Waals surface area contributed by atoms with Crippen LogP contribution in [0.2, 0.25) is 0 Å². The molecule has 1 saturated carbocycles. The molecule has 0 spiro atoms. The van der Waals surface area contributed by atoms with Gasteiger partial charge < -0.3 is 5.32 Å². The number of hydrogen-bond donors (Lipinski definition) is 1. The molecular formula is C19H30FN. The summed E-state index contributed by atoms with van der Waals surface area (Å²) in [5.74, 6) is 0.715. The van der Waals surface area contributed by atoms with Crippen molar-refractivity contribution in [3.8, 4) is 0 Å². The fourth-order valence-electron chi connectivity index (χ4n) is 3.60. The first-order valence-corrected chi connectivity index (χ1v) is 8.38. The Kier molecular flexibility index (Phi) is 5.43. The second-order valence-corrected chi connectivity index (χ2v) is 7.68.